The zero-order valence-corrected chi connectivity index (χ0v) is 24.8. The highest BCUT2D eigenvalue weighted by Crippen LogP contribution is 2.37. The number of rotatable bonds is 14. The van der Waals surface area contributed by atoms with Crippen LogP contribution in [0.3, 0.4) is 0 Å². The van der Waals surface area contributed by atoms with Crippen LogP contribution in [0.15, 0.2) is 18.2 Å². The molecule has 0 saturated heterocycles. The first-order chi connectivity index (χ1) is 18.1. The smallest absolute Gasteiger partial charge is 0.408 e. The monoisotopic (exact) mass is 548 g/mol. The first kappa shape index (κ1) is 33.7. The van der Waals surface area contributed by atoms with Gasteiger partial charge >= 0.3 is 6.09 Å². The molecule has 2 unspecified atom stereocenters. The fourth-order valence-corrected chi connectivity index (χ4v) is 4.09. The summed E-state index contributed by atoms with van der Waals surface area (Å²) < 4.78 is 5.36. The molecule has 39 heavy (non-hydrogen) atoms. The van der Waals surface area contributed by atoms with Crippen LogP contribution in [0.1, 0.15) is 104 Å². The normalized spacial score (nSPS) is 13.2. The van der Waals surface area contributed by atoms with E-state index >= 15 is 0 Å². The van der Waals surface area contributed by atoms with E-state index in [2.05, 4.69) is 17.6 Å². The van der Waals surface area contributed by atoms with E-state index in [0.717, 1.165) is 19.3 Å². The molecule has 0 aliphatic heterocycles. The van der Waals surface area contributed by atoms with Crippen LogP contribution in [0.2, 0.25) is 0 Å². The van der Waals surface area contributed by atoms with Gasteiger partial charge in [-0.1, -0.05) is 44.9 Å². The van der Waals surface area contributed by atoms with Crippen LogP contribution in [-0.4, -0.2) is 57.5 Å². The molecular formula is C29H48N4O6. The third-order valence-corrected chi connectivity index (χ3v) is 6.57. The van der Waals surface area contributed by atoms with Crippen LogP contribution in [0, 0.1) is 6.92 Å². The van der Waals surface area contributed by atoms with Crippen LogP contribution >= 0.6 is 0 Å². The Bertz CT molecular complexity index is 1000. The fraction of sp³-hybridized carbons (Fsp3) is 0.655. The lowest BCUT2D eigenvalue weighted by molar-refractivity contribution is -0.149. The molecule has 1 aromatic rings. The maximum Gasteiger partial charge on any atom is 0.408 e. The Morgan fingerprint density at radius 2 is 1.72 bits per heavy atom. The van der Waals surface area contributed by atoms with E-state index in [-0.39, 0.29) is 24.2 Å². The molecule has 2 atom stereocenters. The lowest BCUT2D eigenvalue weighted by Crippen LogP contribution is -2.59. The van der Waals surface area contributed by atoms with Crippen molar-refractivity contribution in [1.82, 2.24) is 15.5 Å². The highest BCUT2D eigenvalue weighted by Gasteiger charge is 2.44. The number of hydrogen-bond donors (Lipinski definition) is 4. The van der Waals surface area contributed by atoms with Gasteiger partial charge in [0.1, 0.15) is 23.4 Å². The van der Waals surface area contributed by atoms with Gasteiger partial charge in [-0.2, -0.15) is 0 Å². The van der Waals surface area contributed by atoms with Crippen LogP contribution in [0.5, 0.6) is 5.75 Å². The van der Waals surface area contributed by atoms with E-state index in [4.69, 9.17) is 10.5 Å². The summed E-state index contributed by atoms with van der Waals surface area (Å²) in [4.78, 5) is 53.8. The van der Waals surface area contributed by atoms with Gasteiger partial charge in [0.05, 0.1) is 0 Å². The van der Waals surface area contributed by atoms with E-state index in [1.165, 1.54) is 4.90 Å². The SMILES string of the molecule is CCCCCNC(=O)C(c1cccc(C)c1O)N(C(=O)C(CCC(N)=O)NC(=O)OC(C)(C)C)C(C)(C)CC. The molecule has 10 nitrogen and oxygen atoms in total. The largest absolute Gasteiger partial charge is 0.507 e. The van der Waals surface area contributed by atoms with Crippen molar-refractivity contribution in [2.45, 2.75) is 117 Å². The minimum Gasteiger partial charge on any atom is -0.507 e. The number of unbranched alkanes of at least 4 members (excludes halogenated alkanes) is 2. The minimum atomic E-state index is -1.21. The number of carbonyl (C=O) groups is 4. The number of amides is 4. The molecule has 0 spiro atoms. The Morgan fingerprint density at radius 3 is 2.26 bits per heavy atom. The Kier molecular flexibility index (Phi) is 12.8. The summed E-state index contributed by atoms with van der Waals surface area (Å²) >= 11 is 0. The van der Waals surface area contributed by atoms with Crippen molar-refractivity contribution < 1.29 is 29.0 Å². The van der Waals surface area contributed by atoms with Gasteiger partial charge in [-0.05, 0) is 66.4 Å². The number of phenols is 1. The Balaban J connectivity index is 3.67. The van der Waals surface area contributed by atoms with Crippen LogP contribution in [-0.2, 0) is 19.1 Å². The number of ether oxygens (including phenoxy) is 1. The summed E-state index contributed by atoms with van der Waals surface area (Å²) in [5, 5.41) is 16.5. The van der Waals surface area contributed by atoms with Gasteiger partial charge in [-0.25, -0.2) is 4.79 Å². The van der Waals surface area contributed by atoms with Crippen molar-refractivity contribution in [2.24, 2.45) is 5.73 Å². The van der Waals surface area contributed by atoms with Crippen molar-refractivity contribution in [3.8, 4) is 5.75 Å². The quantitative estimate of drug-likeness (QED) is 0.256. The molecule has 0 saturated carbocycles. The average molecular weight is 549 g/mol. The molecule has 0 fully saturated rings. The highest BCUT2D eigenvalue weighted by molar-refractivity contribution is 5.93. The van der Waals surface area contributed by atoms with Crippen molar-refractivity contribution in [3.63, 3.8) is 0 Å². The maximum absolute atomic E-state index is 14.3. The van der Waals surface area contributed by atoms with Gasteiger partial charge < -0.3 is 31.1 Å². The van der Waals surface area contributed by atoms with Gasteiger partial charge in [0.15, 0.2) is 0 Å². The number of nitrogens with zero attached hydrogens (tertiary/aromatic N) is 1. The number of benzene rings is 1. The molecule has 5 N–H and O–H groups in total. The Labute approximate surface area is 233 Å². The first-order valence-electron chi connectivity index (χ1n) is 13.7. The first-order valence-corrected chi connectivity index (χ1v) is 13.7. The number of para-hydroxylation sites is 1. The molecule has 4 amide bonds. The van der Waals surface area contributed by atoms with Gasteiger partial charge in [0.25, 0.3) is 0 Å². The van der Waals surface area contributed by atoms with Crippen LogP contribution in [0.25, 0.3) is 0 Å². The zero-order valence-electron chi connectivity index (χ0n) is 24.8. The van der Waals surface area contributed by atoms with Crippen molar-refractivity contribution in [2.75, 3.05) is 6.54 Å². The molecule has 0 heterocycles. The fourth-order valence-electron chi connectivity index (χ4n) is 4.09. The number of alkyl carbamates (subject to hydrolysis) is 1. The van der Waals surface area contributed by atoms with Gasteiger partial charge in [-0.15, -0.1) is 0 Å². The maximum atomic E-state index is 14.3. The van der Waals surface area contributed by atoms with E-state index in [9.17, 15) is 24.3 Å². The number of aromatic hydroxyl groups is 1. The minimum absolute atomic E-state index is 0.0889. The van der Waals surface area contributed by atoms with Crippen molar-refractivity contribution >= 4 is 23.8 Å². The summed E-state index contributed by atoms with van der Waals surface area (Å²) in [6.45, 7) is 14.8. The molecule has 0 aliphatic rings. The van der Waals surface area contributed by atoms with Crippen LogP contribution in [0.4, 0.5) is 4.79 Å². The third-order valence-electron chi connectivity index (χ3n) is 6.57. The van der Waals surface area contributed by atoms with Crippen molar-refractivity contribution in [3.05, 3.63) is 29.3 Å². The van der Waals surface area contributed by atoms with Gasteiger partial charge in [0, 0.05) is 24.1 Å². The molecule has 0 aliphatic carbocycles. The summed E-state index contributed by atoms with van der Waals surface area (Å²) in [6, 6.07) is 2.63. The number of nitrogens with one attached hydrogen (secondary N) is 2. The molecule has 0 radical (unpaired) electrons. The molecule has 1 rings (SSSR count). The second-order valence-corrected chi connectivity index (χ2v) is 11.5. The number of primary amides is 1. The lowest BCUT2D eigenvalue weighted by atomic mass is 9.90. The standard InChI is InChI=1S/C29H48N4O6/c1-9-11-12-18-31-25(36)23(20-15-13-14-19(3)24(20)35)33(29(7,8)10-2)26(37)21(16-17-22(30)34)32-27(38)39-28(4,5)6/h13-15,21,23,35H,9-12,16-18H2,1-8H3,(H2,30,34)(H,31,36)(H,32,38). The Hall–Kier alpha value is -3.30. The van der Waals surface area contributed by atoms with E-state index in [1.54, 1.807) is 45.9 Å². The summed E-state index contributed by atoms with van der Waals surface area (Å²) in [7, 11) is 0. The summed E-state index contributed by atoms with van der Waals surface area (Å²) in [5.41, 5.74) is 4.48. The molecule has 1 aromatic carbocycles. The summed E-state index contributed by atoms with van der Waals surface area (Å²) in [5.74, 6) is -1.78. The average Bonchev–Trinajstić information content (AvgIpc) is 2.83. The highest BCUT2D eigenvalue weighted by atomic mass is 16.6. The number of nitrogens with two attached hydrogens (primary N) is 1. The molecular weight excluding hydrogens is 500 g/mol. The van der Waals surface area contributed by atoms with Crippen molar-refractivity contribution in [1.29, 1.82) is 0 Å². The third kappa shape index (κ3) is 10.4. The topological polar surface area (TPSA) is 151 Å². The van der Waals surface area contributed by atoms with Gasteiger partial charge in [0.2, 0.25) is 17.7 Å². The Morgan fingerprint density at radius 1 is 1.08 bits per heavy atom. The van der Waals surface area contributed by atoms with Gasteiger partial charge in [-0.3, -0.25) is 14.4 Å². The predicted molar refractivity (Wildman–Crippen MR) is 151 cm³/mol. The number of aryl methyl sites for hydroxylation is 1. The predicted octanol–water partition coefficient (Wildman–Crippen LogP) is 4.22. The van der Waals surface area contributed by atoms with Crippen LogP contribution < -0.4 is 16.4 Å². The van der Waals surface area contributed by atoms with E-state index in [0.29, 0.717) is 18.5 Å². The number of carbonyl (C=O) groups excluding carboxylic acids is 4. The lowest BCUT2D eigenvalue weighted by Gasteiger charge is -2.44. The molecule has 220 valence electrons. The molecule has 0 aromatic heterocycles. The zero-order chi connectivity index (χ0) is 30.0. The number of hydrogen-bond acceptors (Lipinski definition) is 6. The summed E-state index contributed by atoms with van der Waals surface area (Å²) in [6.07, 6.45) is 2.03. The second kappa shape index (κ2) is 14.7. The van der Waals surface area contributed by atoms with E-state index < -0.39 is 47.0 Å². The number of phenolic OH excluding ortho intramolecular Hbond substituents is 1. The second-order valence-electron chi connectivity index (χ2n) is 11.5. The molecule has 0 bridgehead atoms. The molecule has 10 heteroatoms. The van der Waals surface area contributed by atoms with E-state index in [1.807, 2.05) is 20.8 Å².